The molecule has 0 bridgehead atoms. The number of aryl methyl sites for hydroxylation is 1. The minimum absolute atomic E-state index is 0.240. The van der Waals surface area contributed by atoms with Crippen LogP contribution in [0.25, 0.3) is 11.4 Å². The Bertz CT molecular complexity index is 915. The monoisotopic (exact) mass is 348 g/mol. The van der Waals surface area contributed by atoms with Gasteiger partial charge in [0.1, 0.15) is 5.82 Å². The quantitative estimate of drug-likeness (QED) is 0.765. The van der Waals surface area contributed by atoms with Crippen molar-refractivity contribution in [2.75, 3.05) is 5.32 Å². The molecule has 1 aliphatic rings. The van der Waals surface area contributed by atoms with Crippen LogP contribution in [0.4, 0.5) is 5.82 Å². The summed E-state index contributed by atoms with van der Waals surface area (Å²) in [5, 5.41) is 7.41. The molecule has 0 aromatic carbocycles. The SMILES string of the molecule is Cc1cnn([C@H](C)C2CC2)c1NC(=O)c1cnc(-c2cccnc2)nc1. The van der Waals surface area contributed by atoms with Crippen LogP contribution in [-0.2, 0) is 0 Å². The standard InChI is InChI=1S/C19H20N6O/c1-12-8-23-25(13(2)14-5-6-14)18(12)24-19(26)16-10-21-17(22-11-16)15-4-3-7-20-9-15/h3-4,7-11,13-14H,5-6H2,1-2H3,(H,24,26)/t13-/m1/s1. The van der Waals surface area contributed by atoms with Crippen LogP contribution in [0.2, 0.25) is 0 Å². The number of anilines is 1. The van der Waals surface area contributed by atoms with Crippen molar-refractivity contribution in [1.29, 1.82) is 0 Å². The predicted octanol–water partition coefficient (Wildman–Crippen LogP) is 3.27. The van der Waals surface area contributed by atoms with Crippen LogP contribution in [-0.4, -0.2) is 30.6 Å². The highest BCUT2D eigenvalue weighted by Gasteiger charge is 2.31. The molecule has 1 fully saturated rings. The molecule has 3 heterocycles. The van der Waals surface area contributed by atoms with Gasteiger partial charge >= 0.3 is 0 Å². The number of rotatable bonds is 5. The van der Waals surface area contributed by atoms with Crippen LogP contribution in [0.5, 0.6) is 0 Å². The lowest BCUT2D eigenvalue weighted by atomic mass is 10.2. The summed E-state index contributed by atoms with van der Waals surface area (Å²) in [6.45, 7) is 4.09. The fraction of sp³-hybridized carbons (Fsp3) is 0.316. The Kier molecular flexibility index (Phi) is 4.20. The summed E-state index contributed by atoms with van der Waals surface area (Å²) in [7, 11) is 0. The first-order chi connectivity index (χ1) is 12.6. The number of carbonyl (C=O) groups is 1. The maximum absolute atomic E-state index is 12.6. The van der Waals surface area contributed by atoms with Crippen LogP contribution in [0.15, 0.2) is 43.1 Å². The predicted molar refractivity (Wildman–Crippen MR) is 97.6 cm³/mol. The Morgan fingerprint density at radius 3 is 2.65 bits per heavy atom. The largest absolute Gasteiger partial charge is 0.306 e. The molecule has 1 amide bonds. The molecule has 26 heavy (non-hydrogen) atoms. The Balaban J connectivity index is 1.53. The zero-order valence-corrected chi connectivity index (χ0v) is 14.8. The average Bonchev–Trinajstić information content (AvgIpc) is 3.47. The molecule has 132 valence electrons. The normalized spacial score (nSPS) is 14.8. The summed E-state index contributed by atoms with van der Waals surface area (Å²) in [6.07, 6.45) is 10.7. The number of aromatic nitrogens is 5. The highest BCUT2D eigenvalue weighted by Crippen LogP contribution is 2.40. The van der Waals surface area contributed by atoms with Crippen molar-refractivity contribution in [2.45, 2.75) is 32.7 Å². The van der Waals surface area contributed by atoms with Gasteiger partial charge in [-0.1, -0.05) is 0 Å². The molecular weight excluding hydrogens is 328 g/mol. The van der Waals surface area contributed by atoms with E-state index in [1.54, 1.807) is 18.6 Å². The van der Waals surface area contributed by atoms with Crippen LogP contribution in [0, 0.1) is 12.8 Å². The molecule has 7 nitrogen and oxygen atoms in total. The number of carbonyl (C=O) groups excluding carboxylic acids is 1. The number of amides is 1. The lowest BCUT2D eigenvalue weighted by molar-refractivity contribution is 0.102. The van der Waals surface area contributed by atoms with Crippen molar-refractivity contribution in [3.05, 3.63) is 54.2 Å². The molecule has 1 saturated carbocycles. The molecule has 0 radical (unpaired) electrons. The highest BCUT2D eigenvalue weighted by molar-refractivity contribution is 6.03. The molecule has 0 spiro atoms. The maximum Gasteiger partial charge on any atom is 0.259 e. The Hall–Kier alpha value is -3.09. The first-order valence-electron chi connectivity index (χ1n) is 8.71. The second-order valence-corrected chi connectivity index (χ2v) is 6.69. The van der Waals surface area contributed by atoms with Gasteiger partial charge in [0.25, 0.3) is 5.91 Å². The zero-order chi connectivity index (χ0) is 18.1. The number of hydrogen-bond acceptors (Lipinski definition) is 5. The first-order valence-corrected chi connectivity index (χ1v) is 8.71. The van der Waals surface area contributed by atoms with Crippen molar-refractivity contribution in [2.24, 2.45) is 5.92 Å². The van der Waals surface area contributed by atoms with Gasteiger partial charge in [-0.05, 0) is 44.7 Å². The summed E-state index contributed by atoms with van der Waals surface area (Å²) in [5.74, 6) is 1.69. The number of pyridine rings is 1. The lowest BCUT2D eigenvalue weighted by Crippen LogP contribution is -2.19. The van der Waals surface area contributed by atoms with Gasteiger partial charge in [0.2, 0.25) is 0 Å². The minimum atomic E-state index is -0.240. The Morgan fingerprint density at radius 2 is 2.00 bits per heavy atom. The van der Waals surface area contributed by atoms with Gasteiger partial charge < -0.3 is 5.32 Å². The lowest BCUT2D eigenvalue weighted by Gasteiger charge is -2.16. The van der Waals surface area contributed by atoms with Crippen molar-refractivity contribution in [3.8, 4) is 11.4 Å². The third-order valence-corrected chi connectivity index (χ3v) is 4.73. The number of nitrogens with zero attached hydrogens (tertiary/aromatic N) is 5. The van der Waals surface area contributed by atoms with Crippen molar-refractivity contribution in [3.63, 3.8) is 0 Å². The van der Waals surface area contributed by atoms with E-state index in [0.29, 0.717) is 17.3 Å². The highest BCUT2D eigenvalue weighted by atomic mass is 16.1. The van der Waals surface area contributed by atoms with Gasteiger partial charge in [0.15, 0.2) is 5.82 Å². The number of hydrogen-bond donors (Lipinski definition) is 1. The maximum atomic E-state index is 12.6. The Morgan fingerprint density at radius 1 is 1.23 bits per heavy atom. The summed E-state index contributed by atoms with van der Waals surface area (Å²) in [4.78, 5) is 25.2. The van der Waals surface area contributed by atoms with Crippen molar-refractivity contribution >= 4 is 11.7 Å². The molecule has 3 aromatic heterocycles. The zero-order valence-electron chi connectivity index (χ0n) is 14.8. The van der Waals surface area contributed by atoms with E-state index in [-0.39, 0.29) is 11.9 Å². The van der Waals surface area contributed by atoms with E-state index in [9.17, 15) is 4.79 Å². The summed E-state index contributed by atoms with van der Waals surface area (Å²) < 4.78 is 1.91. The van der Waals surface area contributed by atoms with Crippen LogP contribution in [0.3, 0.4) is 0 Å². The number of nitrogens with one attached hydrogen (secondary N) is 1. The van der Waals surface area contributed by atoms with Gasteiger partial charge in [-0.2, -0.15) is 5.10 Å². The molecule has 4 rings (SSSR count). The molecule has 1 N–H and O–H groups in total. The van der Waals surface area contributed by atoms with E-state index in [1.165, 1.54) is 25.2 Å². The van der Waals surface area contributed by atoms with Crippen LogP contribution < -0.4 is 5.32 Å². The molecule has 1 aliphatic carbocycles. The van der Waals surface area contributed by atoms with Gasteiger partial charge in [-0.3, -0.25) is 9.78 Å². The van der Waals surface area contributed by atoms with E-state index in [4.69, 9.17) is 0 Å². The van der Waals surface area contributed by atoms with Crippen LogP contribution in [0.1, 0.15) is 41.7 Å². The third-order valence-electron chi connectivity index (χ3n) is 4.73. The molecule has 7 heteroatoms. The molecule has 1 atom stereocenters. The van der Waals surface area contributed by atoms with E-state index in [2.05, 4.69) is 32.3 Å². The van der Waals surface area contributed by atoms with Crippen molar-refractivity contribution in [1.82, 2.24) is 24.7 Å². The van der Waals surface area contributed by atoms with E-state index in [0.717, 1.165) is 16.9 Å². The molecular formula is C19H20N6O. The second kappa shape index (κ2) is 6.67. The fourth-order valence-corrected chi connectivity index (χ4v) is 2.96. The van der Waals surface area contributed by atoms with Gasteiger partial charge in [-0.15, -0.1) is 0 Å². The Labute approximate surface area is 151 Å². The summed E-state index contributed by atoms with van der Waals surface area (Å²) >= 11 is 0. The van der Waals surface area contributed by atoms with E-state index < -0.39 is 0 Å². The molecule has 3 aromatic rings. The summed E-state index contributed by atoms with van der Waals surface area (Å²) in [6, 6.07) is 3.98. The van der Waals surface area contributed by atoms with E-state index >= 15 is 0 Å². The smallest absolute Gasteiger partial charge is 0.259 e. The van der Waals surface area contributed by atoms with Gasteiger partial charge in [0.05, 0.1) is 17.8 Å². The molecule has 0 aliphatic heterocycles. The van der Waals surface area contributed by atoms with Gasteiger partial charge in [-0.25, -0.2) is 14.6 Å². The van der Waals surface area contributed by atoms with E-state index in [1.807, 2.05) is 23.7 Å². The minimum Gasteiger partial charge on any atom is -0.306 e. The topological polar surface area (TPSA) is 85.6 Å². The van der Waals surface area contributed by atoms with Gasteiger partial charge in [0, 0.05) is 35.9 Å². The molecule has 0 saturated heterocycles. The second-order valence-electron chi connectivity index (χ2n) is 6.69. The summed E-state index contributed by atoms with van der Waals surface area (Å²) in [5.41, 5.74) is 2.16. The van der Waals surface area contributed by atoms with Crippen LogP contribution >= 0.6 is 0 Å². The molecule has 0 unspecified atom stereocenters. The fourth-order valence-electron chi connectivity index (χ4n) is 2.96. The average molecular weight is 348 g/mol. The third kappa shape index (κ3) is 3.20. The van der Waals surface area contributed by atoms with Crippen molar-refractivity contribution < 1.29 is 4.79 Å². The first kappa shape index (κ1) is 16.4.